The second-order valence-electron chi connectivity index (χ2n) is 12.1. The molecule has 0 bridgehead atoms. The summed E-state index contributed by atoms with van der Waals surface area (Å²) in [5, 5.41) is 21.0. The largest absolute Gasteiger partial charge is 0.480 e. The average Bonchev–Trinajstić information content (AvgIpc) is 2.49. The van der Waals surface area contributed by atoms with Crippen molar-refractivity contribution in [2.45, 2.75) is 103 Å². The molecule has 2 fully saturated rings. The summed E-state index contributed by atoms with van der Waals surface area (Å²) in [4.78, 5) is 30.3. The van der Waals surface area contributed by atoms with Crippen LogP contribution in [0.25, 0.3) is 0 Å². The number of hydrogen-bond acceptors (Lipinski definition) is 4. The van der Waals surface area contributed by atoms with E-state index in [9.17, 15) is 19.8 Å². The minimum Gasteiger partial charge on any atom is -0.480 e. The lowest BCUT2D eigenvalue weighted by Gasteiger charge is -2.60. The van der Waals surface area contributed by atoms with Crippen LogP contribution in [0.2, 0.25) is 0 Å². The van der Waals surface area contributed by atoms with Crippen LogP contribution in [0.1, 0.15) is 81.1 Å². The van der Waals surface area contributed by atoms with Crippen LogP contribution in [0.5, 0.6) is 0 Å². The van der Waals surface area contributed by atoms with Crippen LogP contribution in [0, 0.1) is 17.3 Å². The summed E-state index contributed by atoms with van der Waals surface area (Å²) in [6.45, 7) is 16.8. The van der Waals surface area contributed by atoms with E-state index in [1.165, 1.54) is 0 Å². The Hall–Kier alpha value is -1.14. The van der Waals surface area contributed by atoms with Crippen molar-refractivity contribution in [1.29, 1.82) is 0 Å². The highest BCUT2D eigenvalue weighted by Crippen LogP contribution is 2.56. The molecule has 0 spiro atoms. The molecule has 2 N–H and O–H groups in total. The second kappa shape index (κ2) is 6.94. The van der Waals surface area contributed by atoms with Gasteiger partial charge in [0.2, 0.25) is 0 Å². The number of hydrogen-bond donors (Lipinski definition) is 2. The number of likely N-dealkylation sites (tertiary alicyclic amines) is 2. The molecule has 0 aromatic heterocycles. The smallest absolute Gasteiger partial charge is 0.321 e. The quantitative estimate of drug-likeness (QED) is 0.683. The maximum atomic E-state index is 12.9. The van der Waals surface area contributed by atoms with E-state index < -0.39 is 29.2 Å². The van der Waals surface area contributed by atoms with Crippen LogP contribution in [0.15, 0.2) is 0 Å². The van der Waals surface area contributed by atoms with Gasteiger partial charge in [-0.1, -0.05) is 0 Å². The third-order valence-electron chi connectivity index (χ3n) is 8.61. The van der Waals surface area contributed by atoms with Crippen LogP contribution in [-0.2, 0) is 9.59 Å². The van der Waals surface area contributed by atoms with Gasteiger partial charge in [-0.15, -0.1) is 0 Å². The zero-order chi connectivity index (χ0) is 22.8. The molecule has 6 nitrogen and oxygen atoms in total. The molecule has 0 aromatic rings. The number of piperidine rings is 2. The predicted molar refractivity (Wildman–Crippen MR) is 115 cm³/mol. The number of aliphatic carboxylic acids is 2. The van der Waals surface area contributed by atoms with Gasteiger partial charge in [0.25, 0.3) is 0 Å². The van der Waals surface area contributed by atoms with Gasteiger partial charge in [-0.2, -0.15) is 0 Å². The van der Waals surface area contributed by atoms with Gasteiger partial charge in [0.1, 0.15) is 0 Å². The molecule has 0 saturated carbocycles. The molecule has 0 unspecified atom stereocenters. The van der Waals surface area contributed by atoms with Gasteiger partial charge < -0.3 is 10.2 Å². The predicted octanol–water partition coefficient (Wildman–Crippen LogP) is 3.94. The number of carboxylic acid groups (broad SMARTS) is 2. The number of rotatable bonds is 4. The van der Waals surface area contributed by atoms with Crippen LogP contribution in [0.3, 0.4) is 0 Å². The normalized spacial score (nSPS) is 28.2. The van der Waals surface area contributed by atoms with E-state index in [0.717, 1.165) is 0 Å². The summed E-state index contributed by atoms with van der Waals surface area (Å²) in [6, 6.07) is 0. The first kappa shape index (κ1) is 24.1. The van der Waals surface area contributed by atoms with Gasteiger partial charge in [0, 0.05) is 22.2 Å². The van der Waals surface area contributed by atoms with Gasteiger partial charge in [-0.25, -0.2) is 0 Å². The molecule has 0 radical (unpaired) electrons. The maximum absolute atomic E-state index is 12.9. The van der Waals surface area contributed by atoms with Crippen molar-refractivity contribution >= 4 is 11.9 Å². The van der Waals surface area contributed by atoms with E-state index >= 15 is 0 Å². The Bertz CT molecular complexity index is 586. The third-order valence-corrected chi connectivity index (χ3v) is 8.61. The first-order chi connectivity index (χ1) is 12.8. The molecule has 6 heteroatoms. The SMILES string of the molecule is CN1C(C)(C)CC(C(C(=O)O)(C(=O)O)C2CC(C)(C)N(C)C(C)(C)C2)CC1(C)C. The van der Waals surface area contributed by atoms with Crippen molar-refractivity contribution in [2.24, 2.45) is 17.3 Å². The highest BCUT2D eigenvalue weighted by atomic mass is 16.4. The van der Waals surface area contributed by atoms with E-state index in [2.05, 4.69) is 79.3 Å². The Morgan fingerprint density at radius 3 is 1.03 bits per heavy atom. The molecule has 2 heterocycles. The Balaban J connectivity index is 2.65. The lowest BCUT2D eigenvalue weighted by atomic mass is 9.53. The average molecular weight is 411 g/mol. The van der Waals surface area contributed by atoms with E-state index in [0.29, 0.717) is 25.7 Å². The molecular weight excluding hydrogens is 368 g/mol. The zero-order valence-corrected chi connectivity index (χ0v) is 20.1. The van der Waals surface area contributed by atoms with Crippen LogP contribution in [-0.4, -0.2) is 68.2 Å². The molecule has 0 aromatic carbocycles. The van der Waals surface area contributed by atoms with Crippen molar-refractivity contribution in [3.8, 4) is 0 Å². The first-order valence-electron chi connectivity index (χ1n) is 10.8. The molecule has 2 saturated heterocycles. The monoisotopic (exact) mass is 410 g/mol. The number of nitrogens with zero attached hydrogens (tertiary/aromatic N) is 2. The second-order valence-corrected chi connectivity index (χ2v) is 12.1. The highest BCUT2D eigenvalue weighted by molar-refractivity contribution is 5.99. The van der Waals surface area contributed by atoms with Crippen molar-refractivity contribution in [1.82, 2.24) is 9.80 Å². The summed E-state index contributed by atoms with van der Waals surface area (Å²) in [5.74, 6) is -3.21. The molecule has 2 aliphatic heterocycles. The molecule has 0 amide bonds. The maximum Gasteiger partial charge on any atom is 0.321 e. The van der Waals surface area contributed by atoms with Crippen molar-refractivity contribution in [3.63, 3.8) is 0 Å². The number of carbonyl (C=O) groups is 2. The highest BCUT2D eigenvalue weighted by Gasteiger charge is 2.64. The molecule has 0 atom stereocenters. The summed E-state index contributed by atoms with van der Waals surface area (Å²) in [6.07, 6.45) is 2.22. The van der Waals surface area contributed by atoms with Crippen molar-refractivity contribution in [2.75, 3.05) is 14.1 Å². The fourth-order valence-electron chi connectivity index (χ4n) is 6.51. The number of carboxylic acids is 2. The summed E-state index contributed by atoms with van der Waals surface area (Å²) < 4.78 is 0. The Morgan fingerprint density at radius 1 is 0.655 bits per heavy atom. The standard InChI is InChI=1S/C23H42N2O4/c1-19(2)11-15(12-20(3,4)24(19)9)23(17(26)27,18(28)29)16-13-21(5,6)25(10)22(7,8)14-16/h15-16H,11-14H2,1-10H3,(H,26,27)(H,28,29). The molecule has 168 valence electrons. The third kappa shape index (κ3) is 3.71. The minimum atomic E-state index is -1.79. The lowest BCUT2D eigenvalue weighted by molar-refractivity contribution is -0.190. The molecular formula is C23H42N2O4. The molecule has 29 heavy (non-hydrogen) atoms. The van der Waals surface area contributed by atoms with E-state index in [-0.39, 0.29) is 22.2 Å². The van der Waals surface area contributed by atoms with Gasteiger partial charge in [-0.3, -0.25) is 19.4 Å². The van der Waals surface area contributed by atoms with E-state index in [1.807, 2.05) is 0 Å². The summed E-state index contributed by atoms with van der Waals surface area (Å²) in [7, 11) is 4.11. The van der Waals surface area contributed by atoms with Gasteiger partial charge in [0.15, 0.2) is 5.41 Å². The van der Waals surface area contributed by atoms with E-state index in [1.54, 1.807) is 0 Å². The summed E-state index contributed by atoms with van der Waals surface area (Å²) in [5.41, 5.74) is -2.90. The Labute approximate surface area is 176 Å². The Morgan fingerprint density at radius 2 is 0.862 bits per heavy atom. The van der Waals surface area contributed by atoms with E-state index in [4.69, 9.17) is 0 Å². The molecule has 0 aliphatic carbocycles. The minimum absolute atomic E-state index is 0.279. The fourth-order valence-corrected chi connectivity index (χ4v) is 6.51. The van der Waals surface area contributed by atoms with Gasteiger partial charge in [0.05, 0.1) is 0 Å². The molecule has 2 aliphatic rings. The van der Waals surface area contributed by atoms with Crippen LogP contribution in [0.4, 0.5) is 0 Å². The van der Waals surface area contributed by atoms with Crippen molar-refractivity contribution in [3.05, 3.63) is 0 Å². The van der Waals surface area contributed by atoms with Gasteiger partial charge in [-0.05, 0) is 107 Å². The van der Waals surface area contributed by atoms with Crippen LogP contribution < -0.4 is 0 Å². The molecule has 2 rings (SSSR count). The topological polar surface area (TPSA) is 81.1 Å². The van der Waals surface area contributed by atoms with Crippen molar-refractivity contribution < 1.29 is 19.8 Å². The Kier molecular flexibility index (Phi) is 5.78. The summed E-state index contributed by atoms with van der Waals surface area (Å²) >= 11 is 0. The lowest BCUT2D eigenvalue weighted by Crippen LogP contribution is -2.67. The fraction of sp³-hybridized carbons (Fsp3) is 0.913. The van der Waals surface area contributed by atoms with Crippen LogP contribution >= 0.6 is 0 Å². The first-order valence-corrected chi connectivity index (χ1v) is 10.8. The zero-order valence-electron chi connectivity index (χ0n) is 20.1. The van der Waals surface area contributed by atoms with Gasteiger partial charge >= 0.3 is 11.9 Å².